The maximum absolute atomic E-state index is 4.64. The minimum absolute atomic E-state index is 0.646. The first-order valence-electron chi connectivity index (χ1n) is 7.62. The Morgan fingerprint density at radius 2 is 1.95 bits per heavy atom. The van der Waals surface area contributed by atoms with Crippen LogP contribution in [0.5, 0.6) is 0 Å². The van der Waals surface area contributed by atoms with Crippen LogP contribution in [0.25, 0.3) is 0 Å². The molecule has 0 spiro atoms. The lowest BCUT2D eigenvalue weighted by atomic mass is 10.1. The topological polar surface area (TPSA) is 49.8 Å². The Morgan fingerprint density at radius 3 is 2.53 bits per heavy atom. The molecule has 0 saturated heterocycles. The smallest absolute Gasteiger partial charge is 0.224 e. The van der Waals surface area contributed by atoms with Crippen LogP contribution >= 0.6 is 0 Å². The minimum Gasteiger partial charge on any atom is -0.366 e. The maximum atomic E-state index is 4.64. The van der Waals surface area contributed by atoms with Crippen molar-refractivity contribution in [1.82, 2.24) is 9.97 Å². The normalized spacial score (nSPS) is 18.7. The van der Waals surface area contributed by atoms with Gasteiger partial charge in [0.25, 0.3) is 0 Å². The lowest BCUT2D eigenvalue weighted by molar-refractivity contribution is 0.565. The lowest BCUT2D eigenvalue weighted by Gasteiger charge is -2.20. The predicted octanol–water partition coefficient (Wildman–Crippen LogP) is 3.21. The van der Waals surface area contributed by atoms with Crippen molar-refractivity contribution in [3.63, 3.8) is 0 Å². The van der Waals surface area contributed by atoms with E-state index in [1.165, 1.54) is 25.7 Å². The Kier molecular flexibility index (Phi) is 3.58. The Bertz CT molecular complexity index is 426. The van der Waals surface area contributed by atoms with Gasteiger partial charge in [-0.15, -0.1) is 0 Å². The van der Waals surface area contributed by atoms with Crippen LogP contribution in [-0.4, -0.2) is 22.6 Å². The van der Waals surface area contributed by atoms with Crippen LogP contribution in [0, 0.1) is 18.8 Å². The summed E-state index contributed by atoms with van der Waals surface area (Å²) in [6.07, 6.45) is 8.56. The van der Waals surface area contributed by atoms with Crippen molar-refractivity contribution in [2.24, 2.45) is 11.8 Å². The van der Waals surface area contributed by atoms with Crippen LogP contribution in [0.2, 0.25) is 0 Å². The fourth-order valence-electron chi connectivity index (χ4n) is 2.60. The molecule has 2 fully saturated rings. The van der Waals surface area contributed by atoms with E-state index in [9.17, 15) is 0 Å². The van der Waals surface area contributed by atoms with Gasteiger partial charge in [-0.05, 0) is 50.9 Å². The number of aryl methyl sites for hydroxylation is 1. The van der Waals surface area contributed by atoms with Gasteiger partial charge in [0.05, 0.1) is 0 Å². The molecule has 1 heterocycles. The molecule has 0 unspecified atom stereocenters. The van der Waals surface area contributed by atoms with Gasteiger partial charge in [0.15, 0.2) is 0 Å². The molecule has 0 radical (unpaired) electrons. The molecule has 0 aliphatic heterocycles. The molecule has 0 atom stereocenters. The van der Waals surface area contributed by atoms with Crippen molar-refractivity contribution < 1.29 is 0 Å². The highest BCUT2D eigenvalue weighted by Crippen LogP contribution is 2.45. The summed E-state index contributed by atoms with van der Waals surface area (Å²) in [7, 11) is 0. The molecule has 2 aliphatic rings. The van der Waals surface area contributed by atoms with Gasteiger partial charge >= 0.3 is 0 Å². The van der Waals surface area contributed by atoms with Crippen molar-refractivity contribution in [3.05, 3.63) is 11.8 Å². The lowest BCUT2D eigenvalue weighted by Crippen LogP contribution is -2.25. The van der Waals surface area contributed by atoms with Crippen LogP contribution in [0.3, 0.4) is 0 Å². The van der Waals surface area contributed by atoms with E-state index in [4.69, 9.17) is 0 Å². The fourth-order valence-corrected chi connectivity index (χ4v) is 2.60. The van der Waals surface area contributed by atoms with Crippen molar-refractivity contribution >= 4 is 11.8 Å². The van der Waals surface area contributed by atoms with Crippen molar-refractivity contribution in [2.75, 3.05) is 17.2 Å². The SMILES string of the molecule is CCCNc1ncc(C)c(NC(C2CC2)C2CC2)n1. The predicted molar refractivity (Wildman–Crippen MR) is 78.4 cm³/mol. The van der Waals surface area contributed by atoms with Gasteiger partial charge in [0, 0.05) is 24.3 Å². The maximum Gasteiger partial charge on any atom is 0.224 e. The molecule has 1 aromatic rings. The van der Waals surface area contributed by atoms with E-state index in [1.54, 1.807) is 0 Å². The van der Waals surface area contributed by atoms with Gasteiger partial charge < -0.3 is 10.6 Å². The highest BCUT2D eigenvalue weighted by Gasteiger charge is 2.41. The Labute approximate surface area is 115 Å². The minimum atomic E-state index is 0.646. The molecule has 1 aromatic heterocycles. The van der Waals surface area contributed by atoms with E-state index >= 15 is 0 Å². The molecule has 2 aliphatic carbocycles. The fraction of sp³-hybridized carbons (Fsp3) is 0.733. The monoisotopic (exact) mass is 260 g/mol. The molecule has 0 aromatic carbocycles. The highest BCUT2D eigenvalue weighted by atomic mass is 15.1. The second-order valence-electron chi connectivity index (χ2n) is 6.00. The van der Waals surface area contributed by atoms with E-state index in [0.29, 0.717) is 6.04 Å². The summed E-state index contributed by atoms with van der Waals surface area (Å²) in [5, 5.41) is 6.96. The van der Waals surface area contributed by atoms with Crippen molar-refractivity contribution in [3.8, 4) is 0 Å². The number of hydrogen-bond donors (Lipinski definition) is 2. The molecule has 4 heteroatoms. The molecule has 0 bridgehead atoms. The molecule has 104 valence electrons. The number of rotatable bonds is 7. The van der Waals surface area contributed by atoms with E-state index < -0.39 is 0 Å². The van der Waals surface area contributed by atoms with Crippen LogP contribution in [0.15, 0.2) is 6.20 Å². The van der Waals surface area contributed by atoms with E-state index in [-0.39, 0.29) is 0 Å². The van der Waals surface area contributed by atoms with Crippen molar-refractivity contribution in [2.45, 2.75) is 52.0 Å². The number of aromatic nitrogens is 2. The molecule has 2 N–H and O–H groups in total. The number of nitrogens with one attached hydrogen (secondary N) is 2. The largest absolute Gasteiger partial charge is 0.366 e. The van der Waals surface area contributed by atoms with E-state index in [1.807, 2.05) is 6.20 Å². The third-order valence-corrected chi connectivity index (χ3v) is 4.07. The van der Waals surface area contributed by atoms with Gasteiger partial charge in [0.2, 0.25) is 5.95 Å². The van der Waals surface area contributed by atoms with Gasteiger partial charge in [-0.2, -0.15) is 4.98 Å². The molecule has 4 nitrogen and oxygen atoms in total. The van der Waals surface area contributed by atoms with Crippen molar-refractivity contribution in [1.29, 1.82) is 0 Å². The summed E-state index contributed by atoms with van der Waals surface area (Å²) in [6, 6.07) is 0.646. The van der Waals surface area contributed by atoms with Crippen LogP contribution in [0.1, 0.15) is 44.6 Å². The first kappa shape index (κ1) is 12.7. The van der Waals surface area contributed by atoms with Gasteiger partial charge in [0.1, 0.15) is 5.82 Å². The quantitative estimate of drug-likeness (QED) is 0.790. The Morgan fingerprint density at radius 1 is 1.26 bits per heavy atom. The average molecular weight is 260 g/mol. The van der Waals surface area contributed by atoms with E-state index in [0.717, 1.165) is 42.1 Å². The summed E-state index contributed by atoms with van der Waals surface area (Å²) in [5.74, 6) is 3.54. The van der Waals surface area contributed by atoms with Crippen LogP contribution in [-0.2, 0) is 0 Å². The standard InChI is InChI=1S/C15H24N4/c1-3-8-16-15-17-9-10(2)14(19-15)18-13(11-4-5-11)12-6-7-12/h9,11-13H,3-8H2,1-2H3,(H2,16,17,18,19). The molecule has 0 amide bonds. The summed E-state index contributed by atoms with van der Waals surface area (Å²) in [4.78, 5) is 8.98. The van der Waals surface area contributed by atoms with Gasteiger partial charge in [-0.1, -0.05) is 6.92 Å². The number of anilines is 2. The summed E-state index contributed by atoms with van der Waals surface area (Å²) < 4.78 is 0. The van der Waals surface area contributed by atoms with Crippen LogP contribution < -0.4 is 10.6 Å². The molecular formula is C15H24N4. The molecule has 19 heavy (non-hydrogen) atoms. The highest BCUT2D eigenvalue weighted by molar-refractivity contribution is 5.47. The summed E-state index contributed by atoms with van der Waals surface area (Å²) >= 11 is 0. The third kappa shape index (κ3) is 3.17. The zero-order chi connectivity index (χ0) is 13.2. The van der Waals surface area contributed by atoms with E-state index in [2.05, 4.69) is 34.4 Å². The van der Waals surface area contributed by atoms with Gasteiger partial charge in [-0.25, -0.2) is 4.98 Å². The molecular weight excluding hydrogens is 236 g/mol. The third-order valence-electron chi connectivity index (χ3n) is 4.07. The average Bonchev–Trinajstić information content (AvgIpc) is 3.28. The Hall–Kier alpha value is -1.32. The second-order valence-corrected chi connectivity index (χ2v) is 6.00. The van der Waals surface area contributed by atoms with Gasteiger partial charge in [-0.3, -0.25) is 0 Å². The van der Waals surface area contributed by atoms with Crippen LogP contribution in [0.4, 0.5) is 11.8 Å². The number of nitrogens with zero attached hydrogens (tertiary/aromatic N) is 2. The molecule has 3 rings (SSSR count). The zero-order valence-electron chi connectivity index (χ0n) is 11.9. The zero-order valence-corrected chi connectivity index (χ0v) is 11.9. The molecule has 2 saturated carbocycles. The first-order chi connectivity index (χ1) is 9.28. The number of hydrogen-bond acceptors (Lipinski definition) is 4. The second kappa shape index (κ2) is 5.35. The Balaban J connectivity index is 1.70. The first-order valence-corrected chi connectivity index (χ1v) is 7.62. The summed E-state index contributed by atoms with van der Waals surface area (Å²) in [5.41, 5.74) is 1.15. The summed E-state index contributed by atoms with van der Waals surface area (Å²) in [6.45, 7) is 5.16.